The summed E-state index contributed by atoms with van der Waals surface area (Å²) < 4.78 is 23.0. The zero-order valence-electron chi connectivity index (χ0n) is 15.3. The number of hydrogen-bond donors (Lipinski definition) is 1. The average Bonchev–Trinajstić information content (AvgIpc) is 3.16. The lowest BCUT2D eigenvalue weighted by Crippen LogP contribution is -2.22. The molecule has 1 N–H and O–H groups in total. The van der Waals surface area contributed by atoms with Crippen LogP contribution in [0.2, 0.25) is 5.02 Å². The number of rotatable bonds is 8. The summed E-state index contributed by atoms with van der Waals surface area (Å²) in [6.45, 7) is 0.356. The Morgan fingerprint density at radius 1 is 1.07 bits per heavy atom. The van der Waals surface area contributed by atoms with E-state index in [9.17, 15) is 9.00 Å². The highest BCUT2D eigenvalue weighted by atomic mass is 35.5. The fraction of sp³-hybridized carbons (Fsp3) is 0.190. The van der Waals surface area contributed by atoms with Crippen molar-refractivity contribution in [1.29, 1.82) is 0 Å². The van der Waals surface area contributed by atoms with Crippen molar-refractivity contribution in [1.82, 2.24) is 5.32 Å². The zero-order chi connectivity index (χ0) is 19.9. The Balaban J connectivity index is 1.53. The number of halogens is 1. The van der Waals surface area contributed by atoms with Crippen LogP contribution in [-0.2, 0) is 28.9 Å². The van der Waals surface area contributed by atoms with Gasteiger partial charge in [-0.2, -0.15) is 0 Å². The van der Waals surface area contributed by atoms with Crippen LogP contribution in [0.15, 0.2) is 65.1 Å². The number of furan rings is 1. The van der Waals surface area contributed by atoms with Crippen LogP contribution in [0.5, 0.6) is 5.75 Å². The van der Waals surface area contributed by atoms with Crippen molar-refractivity contribution in [3.63, 3.8) is 0 Å². The summed E-state index contributed by atoms with van der Waals surface area (Å²) in [5.41, 5.74) is 1.86. The Bertz CT molecular complexity index is 969. The molecule has 0 fully saturated rings. The third kappa shape index (κ3) is 5.71. The van der Waals surface area contributed by atoms with E-state index in [1.165, 1.54) is 0 Å². The third-order valence-electron chi connectivity index (χ3n) is 4.02. The highest BCUT2D eigenvalue weighted by Gasteiger charge is 2.13. The lowest BCUT2D eigenvalue weighted by Gasteiger charge is -2.05. The molecule has 5 nitrogen and oxygen atoms in total. The van der Waals surface area contributed by atoms with Crippen molar-refractivity contribution in [2.24, 2.45) is 0 Å². The molecule has 0 radical (unpaired) electrons. The van der Waals surface area contributed by atoms with Gasteiger partial charge in [0.15, 0.2) is 5.76 Å². The predicted molar refractivity (Wildman–Crippen MR) is 110 cm³/mol. The van der Waals surface area contributed by atoms with Gasteiger partial charge in [0.25, 0.3) is 5.91 Å². The van der Waals surface area contributed by atoms with Crippen LogP contribution in [0.25, 0.3) is 0 Å². The minimum Gasteiger partial charge on any atom is -0.497 e. The first-order valence-electron chi connectivity index (χ1n) is 8.63. The molecule has 0 aliphatic heterocycles. The topological polar surface area (TPSA) is 68.5 Å². The largest absolute Gasteiger partial charge is 0.497 e. The number of carbonyl (C=O) groups excluding carboxylic acids is 1. The second kappa shape index (κ2) is 9.57. The van der Waals surface area contributed by atoms with Crippen LogP contribution in [0.3, 0.4) is 0 Å². The van der Waals surface area contributed by atoms with Crippen molar-refractivity contribution >= 4 is 28.3 Å². The maximum Gasteiger partial charge on any atom is 0.287 e. The van der Waals surface area contributed by atoms with Crippen LogP contribution in [0, 0.1) is 0 Å². The van der Waals surface area contributed by atoms with Gasteiger partial charge in [0.1, 0.15) is 11.5 Å². The summed E-state index contributed by atoms with van der Waals surface area (Å²) >= 11 is 5.86. The molecular weight excluding hydrogens is 398 g/mol. The van der Waals surface area contributed by atoms with E-state index >= 15 is 0 Å². The number of methoxy groups -OCH3 is 1. The van der Waals surface area contributed by atoms with E-state index in [1.807, 2.05) is 36.4 Å². The highest BCUT2D eigenvalue weighted by Crippen LogP contribution is 2.16. The molecule has 3 aromatic rings. The number of hydrogen-bond acceptors (Lipinski definition) is 4. The molecule has 28 heavy (non-hydrogen) atoms. The van der Waals surface area contributed by atoms with Crippen molar-refractivity contribution in [2.75, 3.05) is 7.11 Å². The van der Waals surface area contributed by atoms with Gasteiger partial charge in [-0.15, -0.1) is 0 Å². The number of carbonyl (C=O) groups is 1. The molecule has 0 aliphatic rings. The normalized spacial score (nSPS) is 11.8. The van der Waals surface area contributed by atoms with Crippen LogP contribution in [0.4, 0.5) is 0 Å². The van der Waals surface area contributed by atoms with E-state index in [0.29, 0.717) is 23.1 Å². The molecule has 1 atom stereocenters. The van der Waals surface area contributed by atoms with Crippen LogP contribution >= 0.6 is 11.6 Å². The van der Waals surface area contributed by atoms with Crippen molar-refractivity contribution < 1.29 is 18.2 Å². The summed E-state index contributed by atoms with van der Waals surface area (Å²) in [5, 5.41) is 3.45. The molecule has 1 heterocycles. The van der Waals surface area contributed by atoms with E-state index < -0.39 is 10.8 Å². The fourth-order valence-electron chi connectivity index (χ4n) is 2.61. The van der Waals surface area contributed by atoms with Gasteiger partial charge in [-0.3, -0.25) is 9.00 Å². The Morgan fingerprint density at radius 3 is 2.61 bits per heavy atom. The zero-order valence-corrected chi connectivity index (χ0v) is 16.9. The summed E-state index contributed by atoms with van der Waals surface area (Å²) in [6.07, 6.45) is 0. The first kappa shape index (κ1) is 20.2. The highest BCUT2D eigenvalue weighted by molar-refractivity contribution is 7.83. The number of amides is 1. The van der Waals surface area contributed by atoms with Gasteiger partial charge in [0.05, 0.1) is 12.9 Å². The molecule has 7 heteroatoms. The standard InChI is InChI=1S/C21H20ClNO4S/c1-26-18-4-2-3-16(11-18)12-23-21(24)20-10-9-19(27-20)14-28(25)13-15-5-7-17(22)8-6-15/h2-11H,12-14H2,1H3,(H,23,24)/t28-/m1/s1. The molecule has 146 valence electrons. The molecule has 1 amide bonds. The molecule has 0 saturated heterocycles. The quantitative estimate of drug-likeness (QED) is 0.592. The number of nitrogens with one attached hydrogen (secondary N) is 1. The molecule has 0 spiro atoms. The van der Waals surface area contributed by atoms with E-state index in [-0.39, 0.29) is 17.4 Å². The van der Waals surface area contributed by atoms with Gasteiger partial charge in [-0.05, 0) is 47.5 Å². The van der Waals surface area contributed by atoms with Crippen molar-refractivity contribution in [3.8, 4) is 5.75 Å². The first-order valence-corrected chi connectivity index (χ1v) is 10.5. The Kier molecular flexibility index (Phi) is 6.90. The lowest BCUT2D eigenvalue weighted by atomic mass is 10.2. The Hall–Kier alpha value is -2.57. The molecule has 0 aliphatic carbocycles. The Morgan fingerprint density at radius 2 is 1.86 bits per heavy atom. The predicted octanol–water partition coefficient (Wildman–Crippen LogP) is 4.32. The third-order valence-corrected chi connectivity index (χ3v) is 5.53. The monoisotopic (exact) mass is 417 g/mol. The molecule has 3 rings (SSSR count). The molecule has 0 unspecified atom stereocenters. The van der Waals surface area contributed by atoms with E-state index in [0.717, 1.165) is 16.9 Å². The van der Waals surface area contributed by atoms with Gasteiger partial charge in [-0.25, -0.2) is 0 Å². The SMILES string of the molecule is COc1cccc(CNC(=O)c2ccc(C[S@](=O)Cc3ccc(Cl)cc3)o2)c1. The number of benzene rings is 2. The fourth-order valence-corrected chi connectivity index (χ4v) is 3.87. The van der Waals surface area contributed by atoms with Crippen LogP contribution in [-0.4, -0.2) is 17.2 Å². The molecule has 0 bridgehead atoms. The maximum atomic E-state index is 12.3. The van der Waals surface area contributed by atoms with Gasteiger partial charge < -0.3 is 14.5 Å². The molecule has 2 aromatic carbocycles. The van der Waals surface area contributed by atoms with Crippen LogP contribution in [0.1, 0.15) is 27.4 Å². The molecule has 0 saturated carbocycles. The van der Waals surface area contributed by atoms with E-state index in [1.54, 1.807) is 31.4 Å². The van der Waals surface area contributed by atoms with Gasteiger partial charge in [-0.1, -0.05) is 35.9 Å². The first-order chi connectivity index (χ1) is 13.5. The Labute approximate surface area is 171 Å². The van der Waals surface area contributed by atoms with E-state index in [2.05, 4.69) is 5.32 Å². The summed E-state index contributed by atoms with van der Waals surface area (Å²) in [7, 11) is 0.448. The maximum absolute atomic E-state index is 12.3. The number of ether oxygens (including phenoxy) is 1. The summed E-state index contributed by atoms with van der Waals surface area (Å²) in [5.74, 6) is 1.76. The molecule has 1 aromatic heterocycles. The van der Waals surface area contributed by atoms with Crippen molar-refractivity contribution in [3.05, 3.63) is 88.3 Å². The minimum atomic E-state index is -1.15. The second-order valence-corrected chi connectivity index (χ2v) is 8.05. The lowest BCUT2D eigenvalue weighted by molar-refractivity contribution is 0.0921. The minimum absolute atomic E-state index is 0.196. The second-order valence-electron chi connectivity index (χ2n) is 6.16. The summed E-state index contributed by atoms with van der Waals surface area (Å²) in [4.78, 5) is 12.3. The summed E-state index contributed by atoms with van der Waals surface area (Å²) in [6, 6.07) is 18.0. The van der Waals surface area contributed by atoms with Crippen LogP contribution < -0.4 is 10.1 Å². The van der Waals surface area contributed by atoms with Gasteiger partial charge in [0.2, 0.25) is 0 Å². The van der Waals surface area contributed by atoms with Gasteiger partial charge in [0, 0.05) is 28.1 Å². The van der Waals surface area contributed by atoms with Gasteiger partial charge >= 0.3 is 0 Å². The molecular formula is C21H20ClNO4S. The smallest absolute Gasteiger partial charge is 0.287 e. The average molecular weight is 418 g/mol. The van der Waals surface area contributed by atoms with Crippen molar-refractivity contribution in [2.45, 2.75) is 18.1 Å². The van der Waals surface area contributed by atoms with E-state index in [4.69, 9.17) is 20.8 Å².